The molecule has 0 aliphatic rings. The number of benzene rings is 1. The first-order valence-electron chi connectivity index (χ1n) is 10.2. The molecule has 0 spiro atoms. The first kappa shape index (κ1) is 23.7. The molecule has 174 valence electrons. The standard InChI is InChI=1S/C23H26N4O6/c1-22(2,3)33-21(31)24-23(4,12-14-9-7-6-8-10-14)20-26-25-17(32-20)16-11-15(19(29)30)13-27(5)18(16)28/h6-11,13H,12H2,1-5H3,(H,24,31)(H,29,30)/t23-/m0/s1. The van der Waals surface area contributed by atoms with Crippen molar-refractivity contribution in [1.29, 1.82) is 0 Å². The van der Waals surface area contributed by atoms with Gasteiger partial charge in [0.1, 0.15) is 16.7 Å². The molecule has 0 saturated carbocycles. The summed E-state index contributed by atoms with van der Waals surface area (Å²) in [5, 5.41) is 20.2. The van der Waals surface area contributed by atoms with Gasteiger partial charge < -0.3 is 24.1 Å². The molecule has 1 aromatic carbocycles. The largest absolute Gasteiger partial charge is 0.478 e. The van der Waals surface area contributed by atoms with Crippen LogP contribution < -0.4 is 10.9 Å². The van der Waals surface area contributed by atoms with Crippen molar-refractivity contribution in [1.82, 2.24) is 20.1 Å². The summed E-state index contributed by atoms with van der Waals surface area (Å²) >= 11 is 0. The number of nitrogens with zero attached hydrogens (tertiary/aromatic N) is 3. The molecule has 1 amide bonds. The summed E-state index contributed by atoms with van der Waals surface area (Å²) in [6.45, 7) is 6.94. The second-order valence-corrected chi connectivity index (χ2v) is 8.90. The summed E-state index contributed by atoms with van der Waals surface area (Å²) in [7, 11) is 1.43. The number of rotatable bonds is 6. The third-order valence-electron chi connectivity index (χ3n) is 4.74. The van der Waals surface area contributed by atoms with E-state index in [1.54, 1.807) is 27.7 Å². The van der Waals surface area contributed by atoms with Gasteiger partial charge in [0.15, 0.2) is 0 Å². The molecule has 0 aliphatic carbocycles. The van der Waals surface area contributed by atoms with E-state index in [9.17, 15) is 19.5 Å². The predicted octanol–water partition coefficient (Wildman–Crippen LogP) is 3.12. The molecule has 0 fully saturated rings. The lowest BCUT2D eigenvalue weighted by molar-refractivity contribution is 0.0443. The summed E-state index contributed by atoms with van der Waals surface area (Å²) < 4.78 is 12.3. The lowest BCUT2D eigenvalue weighted by Gasteiger charge is -2.29. The van der Waals surface area contributed by atoms with E-state index in [0.29, 0.717) is 6.42 Å². The van der Waals surface area contributed by atoms with Crippen LogP contribution in [0.5, 0.6) is 0 Å². The molecule has 2 aromatic heterocycles. The number of aromatic carboxylic acids is 1. The van der Waals surface area contributed by atoms with Gasteiger partial charge in [0, 0.05) is 19.7 Å². The maximum atomic E-state index is 12.6. The summed E-state index contributed by atoms with van der Waals surface area (Å²) in [6.07, 6.45) is 0.821. The smallest absolute Gasteiger partial charge is 0.408 e. The zero-order valence-electron chi connectivity index (χ0n) is 19.1. The van der Waals surface area contributed by atoms with Crippen LogP contribution in [-0.4, -0.2) is 37.5 Å². The highest BCUT2D eigenvalue weighted by Crippen LogP contribution is 2.28. The Morgan fingerprint density at radius 2 is 1.82 bits per heavy atom. The van der Waals surface area contributed by atoms with Crippen LogP contribution in [0.15, 0.2) is 51.8 Å². The summed E-state index contributed by atoms with van der Waals surface area (Å²) in [5.41, 5.74) is -1.67. The molecule has 0 radical (unpaired) electrons. The molecule has 0 bridgehead atoms. The number of pyridine rings is 1. The minimum atomic E-state index is -1.20. The minimum absolute atomic E-state index is 0.0370. The Labute approximate surface area is 190 Å². The Hall–Kier alpha value is -3.95. The fourth-order valence-corrected chi connectivity index (χ4v) is 3.24. The maximum Gasteiger partial charge on any atom is 0.408 e. The first-order chi connectivity index (χ1) is 15.4. The van der Waals surface area contributed by atoms with Gasteiger partial charge in [-0.25, -0.2) is 9.59 Å². The van der Waals surface area contributed by atoms with Gasteiger partial charge in [-0.1, -0.05) is 30.3 Å². The van der Waals surface area contributed by atoms with E-state index in [4.69, 9.17) is 9.15 Å². The van der Waals surface area contributed by atoms with Gasteiger partial charge in [-0.05, 0) is 39.3 Å². The number of nitrogens with one attached hydrogen (secondary N) is 1. The molecular weight excluding hydrogens is 428 g/mol. The van der Waals surface area contributed by atoms with Gasteiger partial charge in [-0.3, -0.25) is 4.79 Å². The van der Waals surface area contributed by atoms with Gasteiger partial charge in [0.25, 0.3) is 11.4 Å². The minimum Gasteiger partial charge on any atom is -0.478 e. The van der Waals surface area contributed by atoms with Gasteiger partial charge in [0.05, 0.1) is 5.56 Å². The van der Waals surface area contributed by atoms with Crippen molar-refractivity contribution in [2.75, 3.05) is 0 Å². The number of carbonyl (C=O) groups excluding carboxylic acids is 1. The monoisotopic (exact) mass is 454 g/mol. The van der Waals surface area contributed by atoms with Crippen LogP contribution >= 0.6 is 0 Å². The Kier molecular flexibility index (Phi) is 6.39. The number of alkyl carbamates (subject to hydrolysis) is 1. The first-order valence-corrected chi connectivity index (χ1v) is 10.2. The molecular formula is C23H26N4O6. The highest BCUT2D eigenvalue weighted by molar-refractivity contribution is 5.88. The molecule has 33 heavy (non-hydrogen) atoms. The Bertz CT molecular complexity index is 1230. The molecule has 0 unspecified atom stereocenters. The fraction of sp³-hybridized carbons (Fsp3) is 0.348. The summed E-state index contributed by atoms with van der Waals surface area (Å²) in [6, 6.07) is 10.6. The van der Waals surface area contributed by atoms with Crippen molar-refractivity contribution >= 4 is 12.1 Å². The Morgan fingerprint density at radius 3 is 2.42 bits per heavy atom. The number of amides is 1. The van der Waals surface area contributed by atoms with Crippen LogP contribution in [0, 0.1) is 0 Å². The van der Waals surface area contributed by atoms with Gasteiger partial charge in [-0.15, -0.1) is 10.2 Å². The van der Waals surface area contributed by atoms with Crippen molar-refractivity contribution in [3.8, 4) is 11.5 Å². The van der Waals surface area contributed by atoms with Crippen LogP contribution in [0.25, 0.3) is 11.5 Å². The van der Waals surface area contributed by atoms with Crippen molar-refractivity contribution in [3.63, 3.8) is 0 Å². The van der Waals surface area contributed by atoms with Gasteiger partial charge in [0.2, 0.25) is 5.89 Å². The van der Waals surface area contributed by atoms with Crippen LogP contribution in [0.3, 0.4) is 0 Å². The van der Waals surface area contributed by atoms with E-state index in [1.165, 1.54) is 19.3 Å². The maximum absolute atomic E-state index is 12.6. The Balaban J connectivity index is 2.03. The lowest BCUT2D eigenvalue weighted by atomic mass is 9.92. The zero-order valence-corrected chi connectivity index (χ0v) is 19.1. The summed E-state index contributed by atoms with van der Waals surface area (Å²) in [5.74, 6) is -1.32. The average molecular weight is 454 g/mol. The van der Waals surface area contributed by atoms with E-state index < -0.39 is 28.8 Å². The molecule has 0 saturated heterocycles. The molecule has 3 aromatic rings. The number of aryl methyl sites for hydroxylation is 1. The third kappa shape index (κ3) is 5.65. The number of ether oxygens (including phenoxy) is 1. The van der Waals surface area contributed by atoms with E-state index in [0.717, 1.165) is 10.1 Å². The topological polar surface area (TPSA) is 137 Å². The van der Waals surface area contributed by atoms with Crippen LogP contribution in [0.2, 0.25) is 0 Å². The van der Waals surface area contributed by atoms with E-state index in [1.807, 2.05) is 30.3 Å². The third-order valence-corrected chi connectivity index (χ3v) is 4.74. The number of aromatic nitrogens is 3. The molecule has 1 atom stereocenters. The lowest BCUT2D eigenvalue weighted by Crippen LogP contribution is -2.47. The van der Waals surface area contributed by atoms with Crippen LogP contribution in [0.1, 0.15) is 49.5 Å². The van der Waals surface area contributed by atoms with Crippen molar-refractivity contribution < 1.29 is 23.8 Å². The van der Waals surface area contributed by atoms with Gasteiger partial charge >= 0.3 is 12.1 Å². The SMILES string of the molecule is Cn1cc(C(=O)O)cc(-c2nnc([C@](C)(Cc3ccccc3)NC(=O)OC(C)(C)C)o2)c1=O. The van der Waals surface area contributed by atoms with Gasteiger partial charge in [-0.2, -0.15) is 0 Å². The number of carbonyl (C=O) groups is 2. The normalized spacial score (nSPS) is 13.2. The van der Waals surface area contributed by atoms with Crippen molar-refractivity contribution in [3.05, 3.63) is 70.0 Å². The molecule has 0 aliphatic heterocycles. The quantitative estimate of drug-likeness (QED) is 0.580. The molecule has 10 heteroatoms. The number of hydrogen-bond acceptors (Lipinski definition) is 7. The van der Waals surface area contributed by atoms with Crippen LogP contribution in [-0.2, 0) is 23.7 Å². The average Bonchev–Trinajstić information content (AvgIpc) is 3.19. The number of carboxylic acids is 1. The van der Waals surface area contributed by atoms with E-state index in [2.05, 4.69) is 15.5 Å². The fourth-order valence-electron chi connectivity index (χ4n) is 3.24. The van der Waals surface area contributed by atoms with Crippen LogP contribution in [0.4, 0.5) is 4.79 Å². The number of carboxylic acid groups (broad SMARTS) is 1. The summed E-state index contributed by atoms with van der Waals surface area (Å²) in [4.78, 5) is 36.6. The zero-order chi connectivity index (χ0) is 24.4. The van der Waals surface area contributed by atoms with Crippen molar-refractivity contribution in [2.24, 2.45) is 7.05 Å². The van der Waals surface area contributed by atoms with E-state index in [-0.39, 0.29) is 22.9 Å². The van der Waals surface area contributed by atoms with Crippen molar-refractivity contribution in [2.45, 2.75) is 45.3 Å². The predicted molar refractivity (Wildman–Crippen MR) is 119 cm³/mol. The molecule has 2 heterocycles. The molecule has 2 N–H and O–H groups in total. The Morgan fingerprint density at radius 1 is 1.15 bits per heavy atom. The highest BCUT2D eigenvalue weighted by atomic mass is 16.6. The molecule has 10 nitrogen and oxygen atoms in total. The number of hydrogen-bond donors (Lipinski definition) is 2. The molecule has 3 rings (SSSR count). The van der Waals surface area contributed by atoms with E-state index >= 15 is 0 Å². The highest BCUT2D eigenvalue weighted by Gasteiger charge is 2.37. The second-order valence-electron chi connectivity index (χ2n) is 8.90. The second kappa shape index (κ2) is 8.89.